The lowest BCUT2D eigenvalue weighted by molar-refractivity contribution is -0.384. The number of nitrogens with zero attached hydrogens (tertiary/aromatic N) is 1. The summed E-state index contributed by atoms with van der Waals surface area (Å²) in [6.45, 7) is 0.00000567. The van der Waals surface area contributed by atoms with Crippen LogP contribution in [0.4, 0.5) is 5.69 Å². The molecule has 6 heteroatoms. The number of nitro groups is 1. The number of rotatable bonds is 6. The van der Waals surface area contributed by atoms with Crippen LogP contribution in [0.2, 0.25) is 0 Å². The molecule has 2 aromatic carbocycles. The van der Waals surface area contributed by atoms with E-state index in [4.69, 9.17) is 14.6 Å². The van der Waals surface area contributed by atoms with Crippen molar-refractivity contribution in [2.24, 2.45) is 0 Å². The lowest BCUT2D eigenvalue weighted by Crippen LogP contribution is -2.03. The molecule has 0 amide bonds. The second-order valence-electron chi connectivity index (χ2n) is 4.24. The predicted molar refractivity (Wildman–Crippen MR) is 77.7 cm³/mol. The molecule has 2 rings (SSSR count). The van der Waals surface area contributed by atoms with E-state index in [1.807, 2.05) is 0 Å². The second kappa shape index (κ2) is 6.71. The first-order valence-electron chi connectivity index (χ1n) is 6.32. The molecule has 0 saturated heterocycles. The van der Waals surface area contributed by atoms with Crippen LogP contribution in [0.25, 0.3) is 11.1 Å². The Morgan fingerprint density at radius 2 is 1.90 bits per heavy atom. The van der Waals surface area contributed by atoms with Crippen molar-refractivity contribution in [3.05, 3.63) is 52.6 Å². The lowest BCUT2D eigenvalue weighted by Gasteiger charge is -2.11. The molecule has 21 heavy (non-hydrogen) atoms. The van der Waals surface area contributed by atoms with Gasteiger partial charge in [0.1, 0.15) is 18.1 Å². The molecule has 0 heterocycles. The van der Waals surface area contributed by atoms with Gasteiger partial charge in [-0.05, 0) is 23.8 Å². The molecule has 110 valence electrons. The van der Waals surface area contributed by atoms with Gasteiger partial charge in [0, 0.05) is 17.7 Å². The van der Waals surface area contributed by atoms with Crippen molar-refractivity contribution in [1.29, 1.82) is 0 Å². The quantitative estimate of drug-likeness (QED) is 0.653. The Morgan fingerprint density at radius 3 is 2.48 bits per heavy atom. The molecule has 6 nitrogen and oxygen atoms in total. The first kappa shape index (κ1) is 14.8. The number of hydrogen-bond donors (Lipinski definition) is 1. The molecule has 0 aliphatic heterocycles. The van der Waals surface area contributed by atoms with Gasteiger partial charge >= 0.3 is 0 Å². The summed E-state index contributed by atoms with van der Waals surface area (Å²) in [6, 6.07) is 11.5. The molecular weight excluding hydrogens is 274 g/mol. The van der Waals surface area contributed by atoms with Gasteiger partial charge in [-0.3, -0.25) is 10.1 Å². The molecule has 2 aromatic rings. The highest BCUT2D eigenvalue weighted by Crippen LogP contribution is 2.34. The van der Waals surface area contributed by atoms with Gasteiger partial charge < -0.3 is 14.6 Å². The zero-order chi connectivity index (χ0) is 15.2. The van der Waals surface area contributed by atoms with Gasteiger partial charge in [-0.2, -0.15) is 0 Å². The van der Waals surface area contributed by atoms with Gasteiger partial charge in [0.25, 0.3) is 5.69 Å². The van der Waals surface area contributed by atoms with Crippen molar-refractivity contribution in [1.82, 2.24) is 0 Å². The summed E-state index contributed by atoms with van der Waals surface area (Å²) in [4.78, 5) is 10.5. The minimum Gasteiger partial charge on any atom is -0.497 e. The van der Waals surface area contributed by atoms with E-state index in [-0.39, 0.29) is 18.9 Å². The molecule has 0 aromatic heterocycles. The van der Waals surface area contributed by atoms with E-state index in [9.17, 15) is 10.1 Å². The topological polar surface area (TPSA) is 81.8 Å². The summed E-state index contributed by atoms with van der Waals surface area (Å²) in [6.07, 6.45) is 0. The molecule has 0 radical (unpaired) electrons. The normalized spacial score (nSPS) is 10.2. The second-order valence-corrected chi connectivity index (χ2v) is 4.24. The Morgan fingerprint density at radius 1 is 1.19 bits per heavy atom. The zero-order valence-corrected chi connectivity index (χ0v) is 11.5. The number of nitro benzene ring substituents is 1. The molecule has 0 spiro atoms. The Kier molecular flexibility index (Phi) is 4.73. The molecule has 0 fully saturated rings. The van der Waals surface area contributed by atoms with E-state index < -0.39 is 4.92 Å². The zero-order valence-electron chi connectivity index (χ0n) is 11.5. The fraction of sp³-hybridized carbons (Fsp3) is 0.200. The van der Waals surface area contributed by atoms with Gasteiger partial charge in [0.2, 0.25) is 0 Å². The maximum absolute atomic E-state index is 10.9. The average molecular weight is 289 g/mol. The van der Waals surface area contributed by atoms with Crippen molar-refractivity contribution in [3.8, 4) is 22.6 Å². The highest BCUT2D eigenvalue weighted by Gasteiger charge is 2.13. The fourth-order valence-electron chi connectivity index (χ4n) is 1.91. The SMILES string of the molecule is COc1ccc(-c2cc([N+](=O)[O-])ccc2OCCO)cc1. The summed E-state index contributed by atoms with van der Waals surface area (Å²) in [5, 5.41) is 19.8. The third kappa shape index (κ3) is 3.49. The van der Waals surface area contributed by atoms with Crippen LogP contribution in [0.3, 0.4) is 0 Å². The smallest absolute Gasteiger partial charge is 0.270 e. The van der Waals surface area contributed by atoms with Gasteiger partial charge in [0.05, 0.1) is 18.6 Å². The molecule has 0 bridgehead atoms. The largest absolute Gasteiger partial charge is 0.497 e. The summed E-state index contributed by atoms with van der Waals surface area (Å²) in [5.41, 5.74) is 1.35. The highest BCUT2D eigenvalue weighted by atomic mass is 16.6. The van der Waals surface area contributed by atoms with Gasteiger partial charge in [0.15, 0.2) is 0 Å². The van der Waals surface area contributed by atoms with Crippen LogP contribution in [-0.4, -0.2) is 30.4 Å². The number of aliphatic hydroxyl groups excluding tert-OH is 1. The third-order valence-electron chi connectivity index (χ3n) is 2.92. The van der Waals surface area contributed by atoms with Crippen LogP contribution < -0.4 is 9.47 Å². The maximum Gasteiger partial charge on any atom is 0.270 e. The Hall–Kier alpha value is -2.60. The maximum atomic E-state index is 10.9. The molecule has 1 N–H and O–H groups in total. The standard InChI is InChI=1S/C15H15NO5/c1-20-13-5-2-11(3-6-13)14-10-12(16(18)19)4-7-15(14)21-9-8-17/h2-7,10,17H,8-9H2,1H3. The highest BCUT2D eigenvalue weighted by molar-refractivity contribution is 5.73. The number of non-ortho nitro benzene ring substituents is 1. The number of benzene rings is 2. The van der Waals surface area contributed by atoms with Crippen molar-refractivity contribution in [2.75, 3.05) is 20.3 Å². The molecular formula is C15H15NO5. The first-order valence-corrected chi connectivity index (χ1v) is 6.32. The molecule has 0 aliphatic rings. The summed E-state index contributed by atoms with van der Waals surface area (Å²) in [5.74, 6) is 1.18. The van der Waals surface area contributed by atoms with Crippen molar-refractivity contribution in [3.63, 3.8) is 0 Å². The van der Waals surface area contributed by atoms with E-state index in [2.05, 4.69) is 0 Å². The Labute approximate surface area is 121 Å². The van der Waals surface area contributed by atoms with Crippen LogP contribution in [-0.2, 0) is 0 Å². The fourth-order valence-corrected chi connectivity index (χ4v) is 1.91. The average Bonchev–Trinajstić information content (AvgIpc) is 2.52. The number of methoxy groups -OCH3 is 1. The monoisotopic (exact) mass is 289 g/mol. The minimum absolute atomic E-state index is 0.0165. The number of ether oxygens (including phenoxy) is 2. The van der Waals surface area contributed by atoms with Crippen LogP contribution in [0, 0.1) is 10.1 Å². The summed E-state index contributed by atoms with van der Waals surface area (Å²) in [7, 11) is 1.57. The van der Waals surface area contributed by atoms with Crippen LogP contribution in [0.1, 0.15) is 0 Å². The van der Waals surface area contributed by atoms with Crippen LogP contribution >= 0.6 is 0 Å². The van der Waals surface area contributed by atoms with E-state index in [0.717, 1.165) is 5.56 Å². The third-order valence-corrected chi connectivity index (χ3v) is 2.92. The molecule has 0 saturated carbocycles. The Balaban J connectivity index is 2.45. The molecule has 0 atom stereocenters. The summed E-state index contributed by atoms with van der Waals surface area (Å²) >= 11 is 0. The lowest BCUT2D eigenvalue weighted by atomic mass is 10.0. The van der Waals surface area contributed by atoms with E-state index in [1.165, 1.54) is 18.2 Å². The van der Waals surface area contributed by atoms with Crippen molar-refractivity contribution < 1.29 is 19.5 Å². The molecule has 0 aliphatic carbocycles. The summed E-state index contributed by atoms with van der Waals surface area (Å²) < 4.78 is 10.5. The van der Waals surface area contributed by atoms with Gasteiger partial charge in [-0.25, -0.2) is 0 Å². The first-order chi connectivity index (χ1) is 10.2. The van der Waals surface area contributed by atoms with Crippen LogP contribution in [0.5, 0.6) is 11.5 Å². The van der Waals surface area contributed by atoms with Crippen molar-refractivity contribution >= 4 is 5.69 Å². The number of aliphatic hydroxyl groups is 1. The van der Waals surface area contributed by atoms with Gasteiger partial charge in [-0.1, -0.05) is 12.1 Å². The number of hydrogen-bond acceptors (Lipinski definition) is 5. The van der Waals surface area contributed by atoms with E-state index >= 15 is 0 Å². The van der Waals surface area contributed by atoms with Crippen LogP contribution in [0.15, 0.2) is 42.5 Å². The predicted octanol–water partition coefficient (Wildman–Crippen LogP) is 2.64. The van der Waals surface area contributed by atoms with E-state index in [1.54, 1.807) is 31.4 Å². The van der Waals surface area contributed by atoms with Crippen molar-refractivity contribution in [2.45, 2.75) is 0 Å². The van der Waals surface area contributed by atoms with E-state index in [0.29, 0.717) is 17.1 Å². The Bertz CT molecular complexity index is 624. The molecule has 0 unspecified atom stereocenters. The van der Waals surface area contributed by atoms with Gasteiger partial charge in [-0.15, -0.1) is 0 Å². The minimum atomic E-state index is -0.456.